The average molecular weight is 477 g/mol. The maximum atomic E-state index is 12.8. The summed E-state index contributed by atoms with van der Waals surface area (Å²) in [5.41, 5.74) is 1.06. The molecular formula is C21H21ClN4O5S. The number of amides is 1. The van der Waals surface area contributed by atoms with E-state index in [0.29, 0.717) is 48.3 Å². The van der Waals surface area contributed by atoms with Crippen LogP contribution >= 0.6 is 11.6 Å². The van der Waals surface area contributed by atoms with E-state index in [-0.39, 0.29) is 23.2 Å². The van der Waals surface area contributed by atoms with Crippen LogP contribution in [-0.2, 0) is 21.3 Å². The number of hydrogen-bond acceptors (Lipinski definition) is 7. The van der Waals surface area contributed by atoms with Crippen LogP contribution < -0.4 is 0 Å². The molecule has 1 aliphatic rings. The van der Waals surface area contributed by atoms with Gasteiger partial charge >= 0.3 is 0 Å². The summed E-state index contributed by atoms with van der Waals surface area (Å²) in [4.78, 5) is 18.6. The van der Waals surface area contributed by atoms with Crippen molar-refractivity contribution in [2.75, 3.05) is 33.4 Å². The molecule has 1 aromatic heterocycles. The second-order valence-electron chi connectivity index (χ2n) is 7.22. The lowest BCUT2D eigenvalue weighted by Crippen LogP contribution is -2.40. The van der Waals surface area contributed by atoms with Crippen LogP contribution in [-0.4, -0.2) is 67.0 Å². The highest BCUT2D eigenvalue weighted by Gasteiger charge is 2.26. The Balaban J connectivity index is 1.43. The van der Waals surface area contributed by atoms with Crippen molar-refractivity contribution in [3.8, 4) is 11.4 Å². The molecule has 1 aliphatic heterocycles. The lowest BCUT2D eigenvalue weighted by Gasteiger charge is -2.26. The van der Waals surface area contributed by atoms with Gasteiger partial charge in [0.15, 0.2) is 0 Å². The second kappa shape index (κ2) is 9.37. The number of sulfonamides is 1. The Morgan fingerprint density at radius 3 is 2.56 bits per heavy atom. The predicted octanol–water partition coefficient (Wildman–Crippen LogP) is 2.68. The molecule has 0 radical (unpaired) electrons. The van der Waals surface area contributed by atoms with Gasteiger partial charge in [-0.1, -0.05) is 28.9 Å². The first kappa shape index (κ1) is 22.4. The number of hydrogen-bond donors (Lipinski definition) is 0. The van der Waals surface area contributed by atoms with Crippen LogP contribution in [0.3, 0.4) is 0 Å². The first-order chi connectivity index (χ1) is 15.3. The van der Waals surface area contributed by atoms with E-state index in [2.05, 4.69) is 10.1 Å². The fourth-order valence-corrected chi connectivity index (χ4v) is 4.86. The molecule has 2 aromatic carbocycles. The normalized spacial score (nSPS) is 14.9. The summed E-state index contributed by atoms with van der Waals surface area (Å²) in [5, 5.41) is 4.49. The Labute approximate surface area is 190 Å². The number of nitrogens with zero attached hydrogens (tertiary/aromatic N) is 4. The Hall–Kier alpha value is -2.79. The van der Waals surface area contributed by atoms with Crippen molar-refractivity contribution < 1.29 is 22.5 Å². The predicted molar refractivity (Wildman–Crippen MR) is 117 cm³/mol. The van der Waals surface area contributed by atoms with Gasteiger partial charge in [0.1, 0.15) is 0 Å². The van der Waals surface area contributed by atoms with Gasteiger partial charge in [0, 0.05) is 36.3 Å². The molecule has 0 spiro atoms. The van der Waals surface area contributed by atoms with Gasteiger partial charge in [0.25, 0.3) is 5.91 Å². The first-order valence-corrected chi connectivity index (χ1v) is 11.7. The Bertz CT molecular complexity index is 1210. The third-order valence-corrected chi connectivity index (χ3v) is 7.13. The molecular weight excluding hydrogens is 456 g/mol. The average Bonchev–Trinajstić information content (AvgIpc) is 3.28. The zero-order valence-electron chi connectivity index (χ0n) is 17.3. The Morgan fingerprint density at radius 1 is 1.16 bits per heavy atom. The molecule has 1 saturated heterocycles. The molecule has 32 heavy (non-hydrogen) atoms. The fourth-order valence-electron chi connectivity index (χ4n) is 3.26. The molecule has 9 nitrogen and oxygen atoms in total. The van der Waals surface area contributed by atoms with Crippen LogP contribution in [0, 0.1) is 0 Å². The van der Waals surface area contributed by atoms with E-state index in [1.165, 1.54) is 33.5 Å². The highest BCUT2D eigenvalue weighted by Crippen LogP contribution is 2.21. The van der Waals surface area contributed by atoms with Gasteiger partial charge in [-0.05, 0) is 36.4 Å². The van der Waals surface area contributed by atoms with Crippen molar-refractivity contribution in [1.29, 1.82) is 0 Å². The zero-order chi connectivity index (χ0) is 22.7. The molecule has 1 fully saturated rings. The minimum Gasteiger partial charge on any atom is -0.379 e. The number of rotatable bonds is 6. The van der Waals surface area contributed by atoms with Crippen molar-refractivity contribution in [3.05, 3.63) is 65.0 Å². The van der Waals surface area contributed by atoms with Gasteiger partial charge in [0.2, 0.25) is 21.7 Å². The number of carbonyl (C=O) groups is 1. The summed E-state index contributed by atoms with van der Waals surface area (Å²) in [7, 11) is -2.01. The van der Waals surface area contributed by atoms with Crippen molar-refractivity contribution in [2.24, 2.45) is 0 Å². The standard InChI is InChI=1S/C21H21ClN4O5S/c1-25(14-19-23-20(24-31-19)16-3-2-4-17(22)13-16)21(27)15-5-7-18(8-6-15)32(28,29)26-9-11-30-12-10-26/h2-8,13H,9-12,14H2,1H3. The topological polar surface area (TPSA) is 106 Å². The molecule has 0 N–H and O–H groups in total. The summed E-state index contributed by atoms with van der Waals surface area (Å²) in [5.74, 6) is 0.339. The summed E-state index contributed by atoms with van der Waals surface area (Å²) in [6.07, 6.45) is 0. The number of halogens is 1. The molecule has 0 saturated carbocycles. The van der Waals surface area contributed by atoms with Crippen LogP contribution in [0.1, 0.15) is 16.2 Å². The van der Waals surface area contributed by atoms with Crippen LogP contribution in [0.5, 0.6) is 0 Å². The maximum absolute atomic E-state index is 12.8. The van der Waals surface area contributed by atoms with Gasteiger partial charge in [-0.2, -0.15) is 9.29 Å². The molecule has 1 amide bonds. The van der Waals surface area contributed by atoms with Crippen LogP contribution in [0.2, 0.25) is 5.02 Å². The molecule has 168 valence electrons. The van der Waals surface area contributed by atoms with E-state index in [1.807, 2.05) is 6.07 Å². The number of morpholine rings is 1. The summed E-state index contributed by atoms with van der Waals surface area (Å²) in [6, 6.07) is 12.9. The smallest absolute Gasteiger partial charge is 0.254 e. The molecule has 0 aliphatic carbocycles. The molecule has 0 atom stereocenters. The van der Waals surface area contributed by atoms with Crippen molar-refractivity contribution in [2.45, 2.75) is 11.4 Å². The molecule has 0 unspecified atom stereocenters. The van der Waals surface area contributed by atoms with Gasteiger partial charge in [0.05, 0.1) is 24.7 Å². The molecule has 3 aromatic rings. The molecule has 11 heteroatoms. The Kier molecular flexibility index (Phi) is 6.56. The third kappa shape index (κ3) is 4.83. The monoisotopic (exact) mass is 476 g/mol. The SMILES string of the molecule is CN(Cc1nc(-c2cccc(Cl)c2)no1)C(=O)c1ccc(S(=O)(=O)N2CCOCC2)cc1. The minimum atomic E-state index is -3.61. The van der Waals surface area contributed by atoms with Crippen LogP contribution in [0.15, 0.2) is 57.9 Å². The van der Waals surface area contributed by atoms with Crippen LogP contribution in [0.25, 0.3) is 11.4 Å². The minimum absolute atomic E-state index is 0.0974. The summed E-state index contributed by atoms with van der Waals surface area (Å²) < 4.78 is 37.3. The van der Waals surface area contributed by atoms with E-state index < -0.39 is 10.0 Å². The van der Waals surface area contributed by atoms with Crippen molar-refractivity contribution in [3.63, 3.8) is 0 Å². The van der Waals surface area contributed by atoms with Gasteiger partial charge in [-0.25, -0.2) is 8.42 Å². The second-order valence-corrected chi connectivity index (χ2v) is 9.60. The zero-order valence-corrected chi connectivity index (χ0v) is 18.8. The molecule has 2 heterocycles. The van der Waals surface area contributed by atoms with Crippen LogP contribution in [0.4, 0.5) is 0 Å². The summed E-state index contributed by atoms with van der Waals surface area (Å²) >= 11 is 5.99. The molecule has 4 rings (SSSR count). The van der Waals surface area contributed by atoms with E-state index in [4.69, 9.17) is 20.9 Å². The van der Waals surface area contributed by atoms with Crippen molar-refractivity contribution in [1.82, 2.24) is 19.3 Å². The fraction of sp³-hybridized carbons (Fsp3) is 0.286. The lowest BCUT2D eigenvalue weighted by atomic mass is 10.2. The van der Waals surface area contributed by atoms with E-state index in [0.717, 1.165) is 0 Å². The quantitative estimate of drug-likeness (QED) is 0.538. The number of aromatic nitrogens is 2. The van der Waals surface area contributed by atoms with E-state index in [9.17, 15) is 13.2 Å². The van der Waals surface area contributed by atoms with Gasteiger partial charge in [-0.3, -0.25) is 4.79 Å². The highest BCUT2D eigenvalue weighted by molar-refractivity contribution is 7.89. The highest BCUT2D eigenvalue weighted by atomic mass is 35.5. The lowest BCUT2D eigenvalue weighted by molar-refractivity contribution is 0.0730. The van der Waals surface area contributed by atoms with E-state index >= 15 is 0 Å². The Morgan fingerprint density at radius 2 is 1.88 bits per heavy atom. The summed E-state index contributed by atoms with van der Waals surface area (Å²) in [6.45, 7) is 1.46. The van der Waals surface area contributed by atoms with Crippen molar-refractivity contribution >= 4 is 27.5 Å². The molecule has 0 bridgehead atoms. The maximum Gasteiger partial charge on any atom is 0.254 e. The largest absolute Gasteiger partial charge is 0.379 e. The van der Waals surface area contributed by atoms with Gasteiger partial charge in [-0.15, -0.1) is 0 Å². The first-order valence-electron chi connectivity index (χ1n) is 9.86. The third-order valence-electron chi connectivity index (χ3n) is 4.98. The number of benzene rings is 2. The number of carbonyl (C=O) groups excluding carboxylic acids is 1. The van der Waals surface area contributed by atoms with E-state index in [1.54, 1.807) is 25.2 Å². The number of ether oxygens (including phenoxy) is 1. The van der Waals surface area contributed by atoms with Gasteiger partial charge < -0.3 is 14.2 Å².